The van der Waals surface area contributed by atoms with E-state index in [4.69, 9.17) is 9.47 Å². The van der Waals surface area contributed by atoms with E-state index < -0.39 is 42.7 Å². The Morgan fingerprint density at radius 2 is 1.78 bits per heavy atom. The lowest BCUT2D eigenvalue weighted by Crippen LogP contribution is -2.46. The zero-order valence-electron chi connectivity index (χ0n) is 13.0. The number of hydrogen-bond acceptors (Lipinski definition) is 7. The molecule has 1 unspecified atom stereocenters. The van der Waals surface area contributed by atoms with Crippen molar-refractivity contribution in [3.8, 4) is 0 Å². The number of methoxy groups -OCH3 is 1. The van der Waals surface area contributed by atoms with Crippen LogP contribution in [0.25, 0.3) is 0 Å². The number of hydrogen-bond donors (Lipinski definition) is 5. The number of rotatable bonds is 2. The van der Waals surface area contributed by atoms with Gasteiger partial charge in [0, 0.05) is 32.8 Å². The maximum Gasteiger partial charge on any atom is 0.146 e. The summed E-state index contributed by atoms with van der Waals surface area (Å²) in [5, 5.41) is 50.1. The molecule has 0 saturated carbocycles. The molecule has 0 aromatic carbocycles. The van der Waals surface area contributed by atoms with Crippen molar-refractivity contribution in [3.05, 3.63) is 23.0 Å². The molecule has 1 aliphatic heterocycles. The van der Waals surface area contributed by atoms with Gasteiger partial charge in [-0.25, -0.2) is 0 Å². The van der Waals surface area contributed by atoms with Crippen LogP contribution < -0.4 is 0 Å². The summed E-state index contributed by atoms with van der Waals surface area (Å²) in [7, 11) is 1.44. The third-order valence-corrected chi connectivity index (χ3v) is 4.92. The Hall–Kier alpha value is -0.960. The normalized spacial score (nSPS) is 44.4. The van der Waals surface area contributed by atoms with E-state index in [2.05, 4.69) is 0 Å². The average molecular weight is 328 g/mol. The van der Waals surface area contributed by atoms with Gasteiger partial charge in [-0.3, -0.25) is 0 Å². The van der Waals surface area contributed by atoms with Crippen LogP contribution >= 0.6 is 0 Å². The summed E-state index contributed by atoms with van der Waals surface area (Å²) < 4.78 is 11.0. The van der Waals surface area contributed by atoms with E-state index in [9.17, 15) is 25.5 Å². The van der Waals surface area contributed by atoms with E-state index in [1.54, 1.807) is 6.08 Å². The highest BCUT2D eigenvalue weighted by atomic mass is 16.5. The zero-order valence-corrected chi connectivity index (χ0v) is 13.0. The van der Waals surface area contributed by atoms with Crippen molar-refractivity contribution >= 4 is 0 Å². The quantitative estimate of drug-likeness (QED) is 0.411. The molecule has 0 radical (unpaired) electrons. The summed E-state index contributed by atoms with van der Waals surface area (Å²) >= 11 is 0. The van der Waals surface area contributed by atoms with Crippen molar-refractivity contribution < 1.29 is 35.0 Å². The van der Waals surface area contributed by atoms with Crippen LogP contribution in [0.4, 0.5) is 0 Å². The first-order valence-electron chi connectivity index (χ1n) is 7.93. The Labute approximate surface area is 134 Å². The van der Waals surface area contributed by atoms with Gasteiger partial charge in [0.05, 0.1) is 24.4 Å². The predicted molar refractivity (Wildman–Crippen MR) is 79.3 cm³/mol. The summed E-state index contributed by atoms with van der Waals surface area (Å²) in [6, 6.07) is 0. The van der Waals surface area contributed by atoms with Crippen molar-refractivity contribution in [2.45, 2.75) is 68.4 Å². The maximum atomic E-state index is 10.4. The van der Waals surface area contributed by atoms with Crippen LogP contribution in [0.2, 0.25) is 0 Å². The molecule has 0 fully saturated rings. The molecule has 5 N–H and O–H groups in total. The topological polar surface area (TPSA) is 120 Å². The Morgan fingerprint density at radius 3 is 2.48 bits per heavy atom. The maximum absolute atomic E-state index is 10.4. The summed E-state index contributed by atoms with van der Waals surface area (Å²) in [4.78, 5) is 0. The van der Waals surface area contributed by atoms with Gasteiger partial charge in [-0.15, -0.1) is 0 Å². The number of aliphatic hydroxyl groups is 5. The highest BCUT2D eigenvalue weighted by molar-refractivity contribution is 5.28. The van der Waals surface area contributed by atoms with Gasteiger partial charge in [0.2, 0.25) is 0 Å². The lowest BCUT2D eigenvalue weighted by Gasteiger charge is -2.41. The Morgan fingerprint density at radius 1 is 1.04 bits per heavy atom. The molecule has 0 bridgehead atoms. The average Bonchev–Trinajstić information content (AvgIpc) is 2.50. The number of aliphatic hydroxyl groups excluding tert-OH is 5. The molecular formula is C16H24O7. The van der Waals surface area contributed by atoms with Gasteiger partial charge < -0.3 is 35.0 Å². The molecule has 3 rings (SSSR count). The van der Waals surface area contributed by atoms with Crippen molar-refractivity contribution in [2.75, 3.05) is 7.11 Å². The molecule has 0 aromatic rings. The monoisotopic (exact) mass is 328 g/mol. The number of ether oxygens (including phenoxy) is 2. The molecular weight excluding hydrogens is 304 g/mol. The van der Waals surface area contributed by atoms with E-state index in [1.165, 1.54) is 7.11 Å². The van der Waals surface area contributed by atoms with E-state index >= 15 is 0 Å². The molecule has 0 amide bonds. The van der Waals surface area contributed by atoms with Crippen molar-refractivity contribution in [1.82, 2.24) is 0 Å². The summed E-state index contributed by atoms with van der Waals surface area (Å²) in [6.07, 6.45) is -3.00. The van der Waals surface area contributed by atoms with E-state index in [0.29, 0.717) is 23.3 Å². The molecule has 7 heteroatoms. The molecule has 23 heavy (non-hydrogen) atoms. The second kappa shape index (κ2) is 6.51. The van der Waals surface area contributed by atoms with E-state index in [0.717, 1.165) is 0 Å². The van der Waals surface area contributed by atoms with Gasteiger partial charge in [0.15, 0.2) is 0 Å². The van der Waals surface area contributed by atoms with E-state index in [1.807, 2.05) is 0 Å². The van der Waals surface area contributed by atoms with Crippen LogP contribution in [0.3, 0.4) is 0 Å². The van der Waals surface area contributed by atoms with Crippen molar-refractivity contribution in [3.63, 3.8) is 0 Å². The fourth-order valence-electron chi connectivity index (χ4n) is 3.65. The Kier molecular flexibility index (Phi) is 4.78. The SMILES string of the molecule is CO[C@@H]1C=C([C@@H]2OC3=C(C[C@@H]2O)[C@@H](O)C[C@@H](O)C3)C[C@H](O)C1O. The lowest BCUT2D eigenvalue weighted by molar-refractivity contribution is -0.0749. The van der Waals surface area contributed by atoms with Gasteiger partial charge in [-0.1, -0.05) is 6.08 Å². The Balaban J connectivity index is 1.84. The predicted octanol–water partition coefficient (Wildman–Crippen LogP) is -1.03. The largest absolute Gasteiger partial charge is 0.488 e. The first-order valence-corrected chi connectivity index (χ1v) is 7.93. The van der Waals surface area contributed by atoms with Crippen LogP contribution in [-0.4, -0.2) is 75.4 Å². The highest BCUT2D eigenvalue weighted by Gasteiger charge is 2.41. The van der Waals surface area contributed by atoms with Crippen LogP contribution in [0.15, 0.2) is 23.0 Å². The smallest absolute Gasteiger partial charge is 0.146 e. The van der Waals surface area contributed by atoms with E-state index in [-0.39, 0.29) is 19.3 Å². The minimum absolute atomic E-state index is 0.177. The first kappa shape index (κ1) is 16.9. The molecule has 1 heterocycles. The van der Waals surface area contributed by atoms with Gasteiger partial charge >= 0.3 is 0 Å². The van der Waals surface area contributed by atoms with Crippen LogP contribution in [0.1, 0.15) is 25.7 Å². The van der Waals surface area contributed by atoms with Gasteiger partial charge in [-0.05, 0) is 11.1 Å². The third-order valence-electron chi connectivity index (χ3n) is 4.92. The van der Waals surface area contributed by atoms with Crippen LogP contribution in [0.5, 0.6) is 0 Å². The van der Waals surface area contributed by atoms with Gasteiger partial charge in [-0.2, -0.15) is 0 Å². The molecule has 0 saturated heterocycles. The van der Waals surface area contributed by atoms with Crippen molar-refractivity contribution in [2.24, 2.45) is 0 Å². The summed E-state index contributed by atoms with van der Waals surface area (Å²) in [5.74, 6) is 0.516. The standard InChI is InChI=1S/C16H24O7/c1-22-14-3-7(2-11(19)15(14)21)16-12(20)6-9-10(18)4-8(17)5-13(9)23-16/h3,8,10-12,14-21H,2,4-6H2,1H3/t8-,10+,11+,12+,14-,15?,16+/m1/s1. The van der Waals surface area contributed by atoms with Crippen molar-refractivity contribution in [1.29, 1.82) is 0 Å². The van der Waals surface area contributed by atoms with Crippen LogP contribution in [0, 0.1) is 0 Å². The second-order valence-electron chi connectivity index (χ2n) is 6.57. The minimum Gasteiger partial charge on any atom is -0.488 e. The van der Waals surface area contributed by atoms with Crippen LogP contribution in [-0.2, 0) is 9.47 Å². The fraction of sp³-hybridized carbons (Fsp3) is 0.750. The van der Waals surface area contributed by atoms with Gasteiger partial charge in [0.1, 0.15) is 24.1 Å². The lowest BCUT2D eigenvalue weighted by atomic mass is 9.81. The fourth-order valence-corrected chi connectivity index (χ4v) is 3.65. The molecule has 2 aliphatic carbocycles. The Bertz CT molecular complexity index is 515. The third kappa shape index (κ3) is 3.17. The molecule has 7 atom stereocenters. The zero-order chi connectivity index (χ0) is 16.7. The molecule has 3 aliphatic rings. The van der Waals surface area contributed by atoms with Gasteiger partial charge in [0.25, 0.3) is 0 Å². The second-order valence-corrected chi connectivity index (χ2v) is 6.57. The molecule has 0 aromatic heterocycles. The first-order chi connectivity index (χ1) is 10.9. The molecule has 7 nitrogen and oxygen atoms in total. The summed E-state index contributed by atoms with van der Waals surface area (Å²) in [6.45, 7) is 0. The summed E-state index contributed by atoms with van der Waals surface area (Å²) in [5.41, 5.74) is 1.29. The minimum atomic E-state index is -1.02. The highest BCUT2D eigenvalue weighted by Crippen LogP contribution is 2.39. The molecule has 0 spiro atoms. The molecule has 130 valence electrons.